The number of hydrogen-bond acceptors (Lipinski definition) is 3. The number of nitrogens with zero attached hydrogens (tertiary/aromatic N) is 2. The molecular formula is C20H21N3O3S. The van der Waals surface area contributed by atoms with Crippen molar-refractivity contribution >= 4 is 32.5 Å². The van der Waals surface area contributed by atoms with Gasteiger partial charge in [-0.2, -0.15) is 0 Å². The van der Waals surface area contributed by atoms with E-state index in [0.29, 0.717) is 33.6 Å². The van der Waals surface area contributed by atoms with Crippen molar-refractivity contribution in [1.29, 1.82) is 0 Å². The zero-order valence-electron chi connectivity index (χ0n) is 15.2. The Kier molecular flexibility index (Phi) is 3.99. The van der Waals surface area contributed by atoms with Crippen LogP contribution in [0.5, 0.6) is 0 Å². The lowest BCUT2D eigenvalue weighted by Gasteiger charge is -2.33. The largest absolute Gasteiger partial charge is 0.369 e. The van der Waals surface area contributed by atoms with Crippen LogP contribution in [0.3, 0.4) is 0 Å². The van der Waals surface area contributed by atoms with Crippen molar-refractivity contribution in [2.24, 2.45) is 12.8 Å². The first-order chi connectivity index (χ1) is 12.8. The predicted octanol–water partition coefficient (Wildman–Crippen LogP) is 2.65. The van der Waals surface area contributed by atoms with Crippen LogP contribution in [0.1, 0.15) is 23.6 Å². The third-order valence-corrected chi connectivity index (χ3v) is 7.43. The monoisotopic (exact) mass is 383 g/mol. The van der Waals surface area contributed by atoms with Crippen LogP contribution in [-0.2, 0) is 21.9 Å². The standard InChI is InChI=1S/C20H21N3O3S/c1-13-19(16-8-4-5-9-17(16)22(13)2)27(25,26)23-12-11-15(20(21)24)14-7-3-6-10-18(14)23/h3-10,15H,11-12H2,1-2H3,(H2,21,24). The first-order valence-electron chi connectivity index (χ1n) is 8.79. The van der Waals surface area contributed by atoms with Crippen LogP contribution in [0.2, 0.25) is 0 Å². The Hall–Kier alpha value is -2.80. The maximum absolute atomic E-state index is 13.7. The third-order valence-electron chi connectivity index (χ3n) is 5.44. The maximum Gasteiger partial charge on any atom is 0.266 e. The van der Waals surface area contributed by atoms with E-state index < -0.39 is 21.8 Å². The number of sulfonamides is 1. The van der Waals surface area contributed by atoms with E-state index >= 15 is 0 Å². The van der Waals surface area contributed by atoms with Crippen molar-refractivity contribution in [1.82, 2.24) is 4.57 Å². The van der Waals surface area contributed by atoms with Gasteiger partial charge < -0.3 is 10.3 Å². The first-order valence-corrected chi connectivity index (χ1v) is 10.2. The number of para-hydroxylation sites is 2. The number of primary amides is 1. The van der Waals surface area contributed by atoms with Gasteiger partial charge >= 0.3 is 0 Å². The van der Waals surface area contributed by atoms with Gasteiger partial charge in [0.1, 0.15) is 4.90 Å². The fourth-order valence-electron chi connectivity index (χ4n) is 4.00. The van der Waals surface area contributed by atoms with Gasteiger partial charge in [-0.3, -0.25) is 9.10 Å². The molecule has 0 spiro atoms. The Morgan fingerprint density at radius 1 is 1.11 bits per heavy atom. The van der Waals surface area contributed by atoms with Crippen molar-refractivity contribution in [2.75, 3.05) is 10.8 Å². The van der Waals surface area contributed by atoms with E-state index in [-0.39, 0.29) is 6.54 Å². The Morgan fingerprint density at radius 3 is 2.52 bits per heavy atom. The molecular weight excluding hydrogens is 362 g/mol. The van der Waals surface area contributed by atoms with Crippen LogP contribution >= 0.6 is 0 Å². The summed E-state index contributed by atoms with van der Waals surface area (Å²) in [7, 11) is -1.94. The lowest BCUT2D eigenvalue weighted by atomic mass is 9.90. The van der Waals surface area contributed by atoms with Gasteiger partial charge in [0.15, 0.2) is 0 Å². The molecule has 0 fully saturated rings. The van der Waals surface area contributed by atoms with E-state index in [4.69, 9.17) is 5.73 Å². The third kappa shape index (κ3) is 2.53. The van der Waals surface area contributed by atoms with Crippen LogP contribution < -0.4 is 10.0 Å². The second-order valence-corrected chi connectivity index (χ2v) is 8.67. The molecule has 6 nitrogen and oxygen atoms in total. The molecule has 27 heavy (non-hydrogen) atoms. The fourth-order valence-corrected chi connectivity index (χ4v) is 5.95. The summed E-state index contributed by atoms with van der Waals surface area (Å²) in [5.74, 6) is -0.901. The van der Waals surface area contributed by atoms with Crippen LogP contribution in [0, 0.1) is 6.92 Å². The smallest absolute Gasteiger partial charge is 0.266 e. The van der Waals surface area contributed by atoms with E-state index in [9.17, 15) is 13.2 Å². The normalized spacial score (nSPS) is 17.1. The molecule has 0 saturated carbocycles. The first kappa shape index (κ1) is 17.6. The number of aromatic nitrogens is 1. The summed E-state index contributed by atoms with van der Waals surface area (Å²) in [4.78, 5) is 12.1. The average Bonchev–Trinajstić information content (AvgIpc) is 2.92. The molecule has 1 unspecified atom stereocenters. The number of carbonyl (C=O) groups excluding carboxylic acids is 1. The van der Waals surface area contributed by atoms with Gasteiger partial charge in [0.05, 0.1) is 11.6 Å². The SMILES string of the molecule is Cc1c(S(=O)(=O)N2CCC(C(N)=O)c3ccccc32)c2ccccc2n1C. The van der Waals surface area contributed by atoms with E-state index in [1.165, 1.54) is 4.31 Å². The van der Waals surface area contributed by atoms with E-state index in [2.05, 4.69) is 0 Å². The number of hydrogen-bond donors (Lipinski definition) is 1. The van der Waals surface area contributed by atoms with Gasteiger partial charge in [0.25, 0.3) is 10.0 Å². The summed E-state index contributed by atoms with van der Waals surface area (Å²) >= 11 is 0. The van der Waals surface area contributed by atoms with Crippen molar-refractivity contribution in [3.8, 4) is 0 Å². The van der Waals surface area contributed by atoms with Crippen LogP contribution in [-0.4, -0.2) is 25.4 Å². The summed E-state index contributed by atoms with van der Waals surface area (Å²) in [5.41, 5.74) is 8.29. The molecule has 2 N–H and O–H groups in total. The number of nitrogens with two attached hydrogens (primary N) is 1. The molecule has 0 bridgehead atoms. The quantitative estimate of drug-likeness (QED) is 0.754. The molecule has 7 heteroatoms. The second-order valence-electron chi connectivity index (χ2n) is 6.87. The molecule has 1 atom stereocenters. The predicted molar refractivity (Wildman–Crippen MR) is 105 cm³/mol. The minimum atomic E-state index is -3.80. The molecule has 140 valence electrons. The van der Waals surface area contributed by atoms with Gasteiger partial charge in [-0.25, -0.2) is 8.42 Å². The fraction of sp³-hybridized carbons (Fsp3) is 0.250. The lowest BCUT2D eigenvalue weighted by Crippen LogP contribution is -2.39. The molecule has 0 radical (unpaired) electrons. The highest BCUT2D eigenvalue weighted by Gasteiger charge is 2.37. The second kappa shape index (κ2) is 6.13. The van der Waals surface area contributed by atoms with E-state index in [1.807, 2.05) is 42.8 Å². The van der Waals surface area contributed by atoms with Crippen molar-refractivity contribution in [2.45, 2.75) is 24.2 Å². The zero-order valence-corrected chi connectivity index (χ0v) is 16.0. The number of rotatable bonds is 3. The lowest BCUT2D eigenvalue weighted by molar-refractivity contribution is -0.119. The molecule has 1 aliphatic rings. The summed E-state index contributed by atoms with van der Waals surface area (Å²) < 4.78 is 30.6. The number of aryl methyl sites for hydroxylation is 1. The number of anilines is 1. The number of fused-ring (bicyclic) bond motifs is 2. The minimum absolute atomic E-state index is 0.218. The summed E-state index contributed by atoms with van der Waals surface area (Å²) in [5, 5.41) is 0.701. The molecule has 4 rings (SSSR count). The Bertz CT molecular complexity index is 1160. The molecule has 0 aliphatic carbocycles. The van der Waals surface area contributed by atoms with Gasteiger partial charge in [-0.05, 0) is 31.0 Å². The van der Waals surface area contributed by atoms with Crippen LogP contribution in [0.4, 0.5) is 5.69 Å². The van der Waals surface area contributed by atoms with Gasteiger partial charge in [-0.1, -0.05) is 36.4 Å². The summed E-state index contributed by atoms with van der Waals surface area (Å²) in [6.45, 7) is 2.03. The Balaban J connectivity index is 1.93. The molecule has 3 aromatic rings. The highest BCUT2D eigenvalue weighted by molar-refractivity contribution is 7.93. The summed E-state index contributed by atoms with van der Waals surface area (Å²) in [6.07, 6.45) is 0.370. The van der Waals surface area contributed by atoms with Gasteiger partial charge in [0, 0.05) is 30.2 Å². The van der Waals surface area contributed by atoms with Gasteiger partial charge in [-0.15, -0.1) is 0 Å². The topological polar surface area (TPSA) is 85.4 Å². The van der Waals surface area contributed by atoms with Crippen LogP contribution in [0.15, 0.2) is 53.4 Å². The molecule has 2 heterocycles. The van der Waals surface area contributed by atoms with Gasteiger partial charge in [0.2, 0.25) is 5.91 Å². The molecule has 2 aromatic carbocycles. The Morgan fingerprint density at radius 2 is 1.78 bits per heavy atom. The number of benzene rings is 2. The van der Waals surface area contributed by atoms with E-state index in [0.717, 1.165) is 5.52 Å². The molecule has 1 aromatic heterocycles. The molecule has 1 amide bonds. The number of amides is 1. The minimum Gasteiger partial charge on any atom is -0.369 e. The number of carbonyl (C=O) groups is 1. The van der Waals surface area contributed by atoms with Crippen molar-refractivity contribution < 1.29 is 13.2 Å². The molecule has 0 saturated heterocycles. The maximum atomic E-state index is 13.7. The zero-order chi connectivity index (χ0) is 19.3. The average molecular weight is 383 g/mol. The van der Waals surface area contributed by atoms with Crippen molar-refractivity contribution in [3.63, 3.8) is 0 Å². The highest BCUT2D eigenvalue weighted by atomic mass is 32.2. The van der Waals surface area contributed by atoms with Crippen LogP contribution in [0.25, 0.3) is 10.9 Å². The molecule has 1 aliphatic heterocycles. The Labute approximate surface area is 158 Å². The van der Waals surface area contributed by atoms with Crippen molar-refractivity contribution in [3.05, 3.63) is 59.8 Å². The van der Waals surface area contributed by atoms with E-state index in [1.54, 1.807) is 24.3 Å². The summed E-state index contributed by atoms with van der Waals surface area (Å²) in [6, 6.07) is 14.6. The highest BCUT2D eigenvalue weighted by Crippen LogP contribution is 2.40.